The smallest absolute Gasteiger partial charge is 0.218 e. The standard InChI is InChI=1S/C8H16N2OS/c9-6-8(5-7(10)11)1-3-12-4-2-8/h1-6,9H2,(H2,10,11). The fourth-order valence-corrected chi connectivity index (χ4v) is 2.99. The summed E-state index contributed by atoms with van der Waals surface area (Å²) in [7, 11) is 0. The van der Waals surface area contributed by atoms with Crippen molar-refractivity contribution in [2.75, 3.05) is 18.1 Å². The molecular weight excluding hydrogens is 172 g/mol. The Balaban J connectivity index is 2.53. The van der Waals surface area contributed by atoms with Crippen LogP contribution in [0.1, 0.15) is 19.3 Å². The van der Waals surface area contributed by atoms with Gasteiger partial charge in [-0.15, -0.1) is 0 Å². The van der Waals surface area contributed by atoms with Gasteiger partial charge in [0.15, 0.2) is 0 Å². The first kappa shape index (κ1) is 9.86. The molecule has 70 valence electrons. The molecule has 0 unspecified atom stereocenters. The van der Waals surface area contributed by atoms with Crippen molar-refractivity contribution in [3.8, 4) is 0 Å². The normalized spacial score (nSPS) is 22.1. The zero-order valence-electron chi connectivity index (χ0n) is 7.21. The topological polar surface area (TPSA) is 69.1 Å². The summed E-state index contributed by atoms with van der Waals surface area (Å²) in [4.78, 5) is 10.8. The fourth-order valence-electron chi connectivity index (χ4n) is 1.63. The van der Waals surface area contributed by atoms with Crippen molar-refractivity contribution in [2.24, 2.45) is 16.9 Å². The molecule has 0 aliphatic carbocycles. The minimum Gasteiger partial charge on any atom is -0.370 e. The van der Waals surface area contributed by atoms with Crippen LogP contribution in [0.25, 0.3) is 0 Å². The summed E-state index contributed by atoms with van der Waals surface area (Å²) in [6.07, 6.45) is 2.54. The molecule has 1 aliphatic rings. The van der Waals surface area contributed by atoms with Crippen LogP contribution >= 0.6 is 11.8 Å². The molecule has 4 N–H and O–H groups in total. The maximum atomic E-state index is 10.8. The number of primary amides is 1. The molecule has 0 aromatic carbocycles. The van der Waals surface area contributed by atoms with E-state index in [1.165, 1.54) is 0 Å². The lowest BCUT2D eigenvalue weighted by Crippen LogP contribution is -2.38. The van der Waals surface area contributed by atoms with Gasteiger partial charge in [0.05, 0.1) is 0 Å². The second kappa shape index (κ2) is 4.14. The molecule has 1 amide bonds. The second-order valence-electron chi connectivity index (χ2n) is 3.46. The Hall–Kier alpha value is -0.220. The Labute approximate surface area is 77.3 Å². The highest BCUT2D eigenvalue weighted by Crippen LogP contribution is 2.36. The van der Waals surface area contributed by atoms with E-state index in [-0.39, 0.29) is 11.3 Å². The quantitative estimate of drug-likeness (QED) is 0.670. The van der Waals surface area contributed by atoms with Crippen molar-refractivity contribution in [1.29, 1.82) is 0 Å². The molecule has 1 fully saturated rings. The molecule has 1 rings (SSSR count). The lowest BCUT2D eigenvalue weighted by Gasteiger charge is -2.34. The number of hydrogen-bond acceptors (Lipinski definition) is 3. The summed E-state index contributed by atoms with van der Waals surface area (Å²) in [6, 6.07) is 0. The van der Waals surface area contributed by atoms with Crippen molar-refractivity contribution in [2.45, 2.75) is 19.3 Å². The largest absolute Gasteiger partial charge is 0.370 e. The van der Waals surface area contributed by atoms with E-state index in [1.54, 1.807) is 0 Å². The van der Waals surface area contributed by atoms with Gasteiger partial charge >= 0.3 is 0 Å². The molecule has 0 atom stereocenters. The predicted octanol–water partition coefficient (Wildman–Crippen LogP) is 0.334. The molecule has 0 saturated carbocycles. The van der Waals surface area contributed by atoms with Gasteiger partial charge in [-0.3, -0.25) is 4.79 Å². The first-order chi connectivity index (χ1) is 5.68. The van der Waals surface area contributed by atoms with Crippen LogP contribution in [0.5, 0.6) is 0 Å². The van der Waals surface area contributed by atoms with Crippen molar-refractivity contribution >= 4 is 17.7 Å². The van der Waals surface area contributed by atoms with Crippen LogP contribution in [0.15, 0.2) is 0 Å². The van der Waals surface area contributed by atoms with Gasteiger partial charge in [0.2, 0.25) is 5.91 Å². The Bertz CT molecular complexity index is 166. The van der Waals surface area contributed by atoms with E-state index in [0.717, 1.165) is 24.3 Å². The van der Waals surface area contributed by atoms with E-state index < -0.39 is 0 Å². The van der Waals surface area contributed by atoms with Gasteiger partial charge in [-0.1, -0.05) is 0 Å². The van der Waals surface area contributed by atoms with Crippen molar-refractivity contribution < 1.29 is 4.79 Å². The molecule has 0 radical (unpaired) electrons. The van der Waals surface area contributed by atoms with Crippen LogP contribution in [0, 0.1) is 5.41 Å². The first-order valence-corrected chi connectivity index (χ1v) is 5.40. The Morgan fingerprint density at radius 1 is 1.42 bits per heavy atom. The molecular formula is C8H16N2OS. The zero-order chi connectivity index (χ0) is 9.03. The van der Waals surface area contributed by atoms with Gasteiger partial charge in [-0.25, -0.2) is 0 Å². The third-order valence-corrected chi connectivity index (χ3v) is 3.52. The summed E-state index contributed by atoms with van der Waals surface area (Å²) in [5, 5.41) is 0. The molecule has 4 heteroatoms. The monoisotopic (exact) mass is 188 g/mol. The molecule has 0 bridgehead atoms. The van der Waals surface area contributed by atoms with Gasteiger partial charge in [0.1, 0.15) is 0 Å². The SMILES string of the molecule is NCC1(CC(N)=O)CCSCC1. The summed E-state index contributed by atoms with van der Waals surface area (Å²) < 4.78 is 0. The Kier molecular flexibility index (Phi) is 3.40. The van der Waals surface area contributed by atoms with Crippen LogP contribution in [0.2, 0.25) is 0 Å². The number of amides is 1. The number of carbonyl (C=O) groups is 1. The van der Waals surface area contributed by atoms with Crippen LogP contribution in [-0.2, 0) is 4.79 Å². The fraction of sp³-hybridized carbons (Fsp3) is 0.875. The predicted molar refractivity (Wildman–Crippen MR) is 51.9 cm³/mol. The van der Waals surface area contributed by atoms with Crippen LogP contribution < -0.4 is 11.5 Å². The summed E-state index contributed by atoms with van der Waals surface area (Å²) in [5.74, 6) is 2.02. The maximum Gasteiger partial charge on any atom is 0.218 e. The first-order valence-electron chi connectivity index (χ1n) is 4.25. The highest BCUT2D eigenvalue weighted by molar-refractivity contribution is 7.99. The molecule has 3 nitrogen and oxygen atoms in total. The molecule has 1 aliphatic heterocycles. The van der Waals surface area contributed by atoms with E-state index in [9.17, 15) is 4.79 Å². The minimum absolute atomic E-state index is 0.0249. The van der Waals surface area contributed by atoms with Crippen LogP contribution in [-0.4, -0.2) is 24.0 Å². The molecule has 0 aromatic heterocycles. The minimum atomic E-state index is -0.215. The van der Waals surface area contributed by atoms with E-state index in [1.807, 2.05) is 11.8 Å². The van der Waals surface area contributed by atoms with Gasteiger partial charge < -0.3 is 11.5 Å². The second-order valence-corrected chi connectivity index (χ2v) is 4.68. The van der Waals surface area contributed by atoms with Crippen LogP contribution in [0.3, 0.4) is 0 Å². The summed E-state index contributed by atoms with van der Waals surface area (Å²) in [5.41, 5.74) is 10.9. The van der Waals surface area contributed by atoms with E-state index >= 15 is 0 Å². The van der Waals surface area contributed by atoms with E-state index in [0.29, 0.717) is 13.0 Å². The van der Waals surface area contributed by atoms with E-state index in [4.69, 9.17) is 11.5 Å². The molecule has 0 aromatic rings. The Morgan fingerprint density at radius 2 is 2.00 bits per heavy atom. The molecule has 1 saturated heterocycles. The van der Waals surface area contributed by atoms with E-state index in [2.05, 4.69) is 0 Å². The van der Waals surface area contributed by atoms with Gasteiger partial charge in [0.25, 0.3) is 0 Å². The number of carbonyl (C=O) groups excluding carboxylic acids is 1. The third-order valence-electron chi connectivity index (χ3n) is 2.54. The lowest BCUT2D eigenvalue weighted by atomic mass is 9.79. The van der Waals surface area contributed by atoms with Crippen molar-refractivity contribution in [3.63, 3.8) is 0 Å². The highest BCUT2D eigenvalue weighted by atomic mass is 32.2. The average molecular weight is 188 g/mol. The van der Waals surface area contributed by atoms with Crippen molar-refractivity contribution in [1.82, 2.24) is 0 Å². The zero-order valence-corrected chi connectivity index (χ0v) is 8.03. The highest BCUT2D eigenvalue weighted by Gasteiger charge is 2.32. The molecule has 1 heterocycles. The van der Waals surface area contributed by atoms with Crippen LogP contribution in [0.4, 0.5) is 0 Å². The third kappa shape index (κ3) is 2.38. The molecule has 0 spiro atoms. The molecule has 12 heavy (non-hydrogen) atoms. The van der Waals surface area contributed by atoms with Crippen molar-refractivity contribution in [3.05, 3.63) is 0 Å². The maximum absolute atomic E-state index is 10.8. The van der Waals surface area contributed by atoms with Gasteiger partial charge in [-0.05, 0) is 36.3 Å². The number of nitrogens with two attached hydrogens (primary N) is 2. The number of thioether (sulfide) groups is 1. The van der Waals surface area contributed by atoms with Gasteiger partial charge in [0, 0.05) is 6.42 Å². The lowest BCUT2D eigenvalue weighted by molar-refractivity contribution is -0.120. The Morgan fingerprint density at radius 3 is 2.42 bits per heavy atom. The number of hydrogen-bond donors (Lipinski definition) is 2. The average Bonchev–Trinajstić information content (AvgIpc) is 2.05. The number of rotatable bonds is 3. The summed E-state index contributed by atoms with van der Waals surface area (Å²) >= 11 is 1.93. The summed E-state index contributed by atoms with van der Waals surface area (Å²) in [6.45, 7) is 0.594. The van der Waals surface area contributed by atoms with Gasteiger partial charge in [-0.2, -0.15) is 11.8 Å².